The summed E-state index contributed by atoms with van der Waals surface area (Å²) in [6.07, 6.45) is 5.62. The molecule has 38 heavy (non-hydrogen) atoms. The number of piperidine rings is 2. The molecular weight excluding hydrogens is 504 g/mol. The average molecular weight is 539 g/mol. The second-order valence-corrected chi connectivity index (χ2v) is 12.3. The molecule has 1 N–H and O–H groups in total. The first-order valence-corrected chi connectivity index (χ1v) is 14.9. The summed E-state index contributed by atoms with van der Waals surface area (Å²) in [7, 11) is -3.20. The summed E-state index contributed by atoms with van der Waals surface area (Å²) in [6, 6.07) is 9.65. The van der Waals surface area contributed by atoms with Crippen LogP contribution in [0, 0.1) is 6.92 Å². The number of sulfonamides is 1. The summed E-state index contributed by atoms with van der Waals surface area (Å²) >= 11 is 0. The number of hydrogen-bond donors (Lipinski definition) is 1. The summed E-state index contributed by atoms with van der Waals surface area (Å²) in [5, 5.41) is 4.13. The van der Waals surface area contributed by atoms with Crippen LogP contribution in [0.5, 0.6) is 0 Å². The van der Waals surface area contributed by atoms with Crippen molar-refractivity contribution in [2.24, 2.45) is 0 Å². The maximum atomic E-state index is 14.0. The third-order valence-corrected chi connectivity index (χ3v) is 9.04. The Morgan fingerprint density at radius 1 is 1.03 bits per heavy atom. The number of rotatable bonds is 5. The Bertz CT molecular complexity index is 1520. The zero-order valence-electron chi connectivity index (χ0n) is 22.1. The maximum Gasteiger partial charge on any atom is 0.260 e. The van der Waals surface area contributed by atoms with Crippen LogP contribution in [0.2, 0.25) is 0 Å². The van der Waals surface area contributed by atoms with Crippen molar-refractivity contribution in [3.8, 4) is 11.1 Å². The molecule has 3 aromatic rings. The first kappa shape index (κ1) is 26.3. The number of hydrogen-bond acceptors (Lipinski definition) is 7. The molecule has 2 aliphatic heterocycles. The van der Waals surface area contributed by atoms with E-state index in [4.69, 9.17) is 4.98 Å². The smallest absolute Gasteiger partial charge is 0.260 e. The molecule has 0 aliphatic carbocycles. The van der Waals surface area contributed by atoms with Crippen molar-refractivity contribution in [3.63, 3.8) is 0 Å². The molecule has 202 valence electrons. The second kappa shape index (κ2) is 10.5. The molecular formula is C27H34N6O4S. The van der Waals surface area contributed by atoms with E-state index in [1.807, 2.05) is 42.2 Å². The van der Waals surface area contributed by atoms with Crippen LogP contribution in [0.1, 0.15) is 44.2 Å². The van der Waals surface area contributed by atoms with Crippen molar-refractivity contribution in [1.29, 1.82) is 0 Å². The van der Waals surface area contributed by atoms with Gasteiger partial charge in [-0.2, -0.15) is 4.98 Å². The van der Waals surface area contributed by atoms with Gasteiger partial charge in [0, 0.05) is 62.3 Å². The van der Waals surface area contributed by atoms with Gasteiger partial charge in [-0.1, -0.05) is 24.3 Å². The SMILES string of the molecule is CC(=O)N1CCC(n2c(=O)c(-c3ccccc3C)cc3cnc(NC4CCN(S(C)(=O)=O)CC4)nc32)CC1. The van der Waals surface area contributed by atoms with Gasteiger partial charge >= 0.3 is 0 Å². The lowest BCUT2D eigenvalue weighted by molar-refractivity contribution is -0.130. The number of nitrogens with one attached hydrogen (secondary N) is 1. The first-order chi connectivity index (χ1) is 18.1. The largest absolute Gasteiger partial charge is 0.351 e. The highest BCUT2D eigenvalue weighted by Crippen LogP contribution is 2.29. The number of fused-ring (bicyclic) bond motifs is 1. The minimum Gasteiger partial charge on any atom is -0.351 e. The van der Waals surface area contributed by atoms with Gasteiger partial charge in [-0.3, -0.25) is 14.2 Å². The number of aromatic nitrogens is 3. The summed E-state index contributed by atoms with van der Waals surface area (Å²) in [5.74, 6) is 0.471. The monoisotopic (exact) mass is 538 g/mol. The summed E-state index contributed by atoms with van der Waals surface area (Å²) in [6.45, 7) is 5.65. The van der Waals surface area contributed by atoms with Crippen LogP contribution in [-0.4, -0.2) is 76.5 Å². The highest BCUT2D eigenvalue weighted by atomic mass is 32.2. The van der Waals surface area contributed by atoms with Crippen molar-refractivity contribution >= 4 is 32.9 Å². The van der Waals surface area contributed by atoms with E-state index >= 15 is 0 Å². The van der Waals surface area contributed by atoms with Gasteiger partial charge in [-0.25, -0.2) is 17.7 Å². The summed E-state index contributed by atoms with van der Waals surface area (Å²) < 4.78 is 27.0. The van der Waals surface area contributed by atoms with Gasteiger partial charge in [0.2, 0.25) is 21.9 Å². The molecule has 4 heterocycles. The lowest BCUT2D eigenvalue weighted by atomic mass is 9.99. The highest BCUT2D eigenvalue weighted by molar-refractivity contribution is 7.88. The molecule has 11 heteroatoms. The Balaban J connectivity index is 1.52. The summed E-state index contributed by atoms with van der Waals surface area (Å²) in [5.41, 5.74) is 2.98. The van der Waals surface area contributed by atoms with Gasteiger partial charge in [0.25, 0.3) is 5.56 Å². The van der Waals surface area contributed by atoms with Crippen LogP contribution >= 0.6 is 0 Å². The van der Waals surface area contributed by atoms with E-state index in [0.717, 1.165) is 16.5 Å². The van der Waals surface area contributed by atoms with Crippen LogP contribution in [0.4, 0.5) is 5.95 Å². The number of anilines is 1. The van der Waals surface area contributed by atoms with E-state index in [1.54, 1.807) is 17.7 Å². The second-order valence-electron chi connectivity index (χ2n) is 10.3. The predicted molar refractivity (Wildman–Crippen MR) is 148 cm³/mol. The standard InChI is InChI=1S/C27H34N6O4S/c1-18-6-4-5-7-23(18)24-16-20-17-28-27(29-21-8-14-32(15-9-21)38(3,36)37)30-25(20)33(26(24)35)22-10-12-31(13-11-22)19(2)34/h4-7,16-17,21-22H,8-15H2,1-3H3,(H,28,29,30). The molecule has 2 fully saturated rings. The van der Waals surface area contributed by atoms with Crippen molar-refractivity contribution in [2.75, 3.05) is 37.8 Å². The van der Waals surface area contributed by atoms with Crippen molar-refractivity contribution in [3.05, 3.63) is 52.4 Å². The van der Waals surface area contributed by atoms with Gasteiger partial charge < -0.3 is 10.2 Å². The van der Waals surface area contributed by atoms with Crippen LogP contribution in [0.25, 0.3) is 22.2 Å². The molecule has 0 spiro atoms. The fourth-order valence-corrected chi connectivity index (χ4v) is 6.42. The van der Waals surface area contributed by atoms with Crippen LogP contribution in [-0.2, 0) is 14.8 Å². The molecule has 10 nitrogen and oxygen atoms in total. The number of amides is 1. The van der Waals surface area contributed by atoms with Crippen LogP contribution < -0.4 is 10.9 Å². The minimum absolute atomic E-state index is 0.0377. The number of aryl methyl sites for hydroxylation is 1. The van der Waals surface area contributed by atoms with E-state index in [9.17, 15) is 18.0 Å². The highest BCUT2D eigenvalue weighted by Gasteiger charge is 2.28. The molecule has 0 bridgehead atoms. The third kappa shape index (κ3) is 5.30. The van der Waals surface area contributed by atoms with Gasteiger partial charge in [0.15, 0.2) is 0 Å². The molecule has 5 rings (SSSR count). The van der Waals surface area contributed by atoms with E-state index in [-0.39, 0.29) is 23.6 Å². The van der Waals surface area contributed by atoms with E-state index < -0.39 is 10.0 Å². The number of likely N-dealkylation sites (tertiary alicyclic amines) is 1. The minimum atomic E-state index is -3.20. The zero-order chi connectivity index (χ0) is 27.0. The number of nitrogens with zero attached hydrogens (tertiary/aromatic N) is 5. The van der Waals surface area contributed by atoms with Gasteiger partial charge in [-0.15, -0.1) is 0 Å². The van der Waals surface area contributed by atoms with Crippen LogP contribution in [0.3, 0.4) is 0 Å². The number of carbonyl (C=O) groups is 1. The molecule has 0 radical (unpaired) electrons. The third-order valence-electron chi connectivity index (χ3n) is 7.74. The van der Waals surface area contributed by atoms with Gasteiger partial charge in [-0.05, 0) is 49.8 Å². The average Bonchev–Trinajstić information content (AvgIpc) is 2.89. The molecule has 2 aliphatic rings. The molecule has 0 saturated carbocycles. The lowest BCUT2D eigenvalue weighted by Gasteiger charge is -2.33. The predicted octanol–water partition coefficient (Wildman–Crippen LogP) is 2.79. The number of carbonyl (C=O) groups excluding carboxylic acids is 1. The Kier molecular flexibility index (Phi) is 7.23. The fourth-order valence-electron chi connectivity index (χ4n) is 5.55. The molecule has 2 saturated heterocycles. The Morgan fingerprint density at radius 2 is 1.71 bits per heavy atom. The zero-order valence-corrected chi connectivity index (χ0v) is 22.9. The molecule has 2 aromatic heterocycles. The lowest BCUT2D eigenvalue weighted by Crippen LogP contribution is -2.42. The Hall–Kier alpha value is -3.31. The topological polar surface area (TPSA) is 117 Å². The molecule has 0 atom stereocenters. The Morgan fingerprint density at radius 3 is 2.34 bits per heavy atom. The fraction of sp³-hybridized carbons (Fsp3) is 0.481. The van der Waals surface area contributed by atoms with Crippen molar-refractivity contribution in [2.45, 2.75) is 51.6 Å². The molecule has 0 unspecified atom stereocenters. The number of benzene rings is 1. The Labute approximate surface area is 222 Å². The van der Waals surface area contributed by atoms with Crippen molar-refractivity contribution in [1.82, 2.24) is 23.7 Å². The van der Waals surface area contributed by atoms with Crippen molar-refractivity contribution < 1.29 is 13.2 Å². The first-order valence-electron chi connectivity index (χ1n) is 13.1. The molecule has 1 aromatic carbocycles. The van der Waals surface area contributed by atoms with Crippen LogP contribution in [0.15, 0.2) is 41.3 Å². The normalized spacial score (nSPS) is 18.1. The van der Waals surface area contributed by atoms with E-state index in [0.29, 0.717) is 69.0 Å². The van der Waals surface area contributed by atoms with Gasteiger partial charge in [0.1, 0.15) is 5.65 Å². The summed E-state index contributed by atoms with van der Waals surface area (Å²) in [4.78, 5) is 37.1. The van der Waals surface area contributed by atoms with Gasteiger partial charge in [0.05, 0.1) is 6.26 Å². The quantitative estimate of drug-likeness (QED) is 0.531. The maximum absolute atomic E-state index is 14.0. The van der Waals surface area contributed by atoms with E-state index in [2.05, 4.69) is 10.3 Å². The van der Waals surface area contributed by atoms with E-state index in [1.165, 1.54) is 10.6 Å². The number of pyridine rings is 1. The molecule has 1 amide bonds.